The van der Waals surface area contributed by atoms with E-state index in [0.717, 1.165) is 16.8 Å². The van der Waals surface area contributed by atoms with Gasteiger partial charge in [-0.2, -0.15) is 0 Å². The molecule has 35 heavy (non-hydrogen) atoms. The zero-order valence-corrected chi connectivity index (χ0v) is 19.8. The van der Waals surface area contributed by atoms with Crippen LogP contribution in [0.2, 0.25) is 5.02 Å². The van der Waals surface area contributed by atoms with Crippen LogP contribution in [0, 0.1) is 0 Å². The van der Waals surface area contributed by atoms with Crippen molar-refractivity contribution < 1.29 is 24.1 Å². The van der Waals surface area contributed by atoms with Crippen molar-refractivity contribution in [1.29, 1.82) is 0 Å². The van der Waals surface area contributed by atoms with E-state index in [2.05, 4.69) is 10.2 Å². The van der Waals surface area contributed by atoms with Crippen molar-refractivity contribution >= 4 is 17.6 Å². The van der Waals surface area contributed by atoms with E-state index in [1.54, 1.807) is 26.4 Å². The molecule has 0 aliphatic carbocycles. The molecule has 9 heteroatoms. The van der Waals surface area contributed by atoms with E-state index in [-0.39, 0.29) is 6.42 Å². The van der Waals surface area contributed by atoms with Gasteiger partial charge in [0.15, 0.2) is 23.1 Å². The van der Waals surface area contributed by atoms with Gasteiger partial charge < -0.3 is 19.3 Å². The van der Waals surface area contributed by atoms with E-state index in [4.69, 9.17) is 25.8 Å². The van der Waals surface area contributed by atoms with Gasteiger partial charge in [-0.1, -0.05) is 54.1 Å². The number of para-hydroxylation sites is 1. The summed E-state index contributed by atoms with van der Waals surface area (Å²) in [6, 6.07) is 20.5. The fourth-order valence-electron chi connectivity index (χ4n) is 4.41. The Morgan fingerprint density at radius 3 is 2.54 bits per heavy atom. The zero-order chi connectivity index (χ0) is 24.5. The Kier molecular flexibility index (Phi) is 6.15. The van der Waals surface area contributed by atoms with E-state index < -0.39 is 18.2 Å². The third-order valence-electron chi connectivity index (χ3n) is 5.90. The minimum Gasteiger partial charge on any atom is -0.493 e. The van der Waals surface area contributed by atoms with Crippen LogP contribution in [0.15, 0.2) is 66.7 Å². The predicted octanol–water partition coefficient (Wildman–Crippen LogP) is 5.24. The van der Waals surface area contributed by atoms with Crippen LogP contribution in [0.1, 0.15) is 35.6 Å². The highest BCUT2D eigenvalue weighted by molar-refractivity contribution is 6.30. The average Bonchev–Trinajstić information content (AvgIpc) is 3.26. The fraction of sp³-hybridized carbons (Fsp3) is 0.192. The molecule has 0 radical (unpaired) electrons. The number of rotatable bonds is 6. The van der Waals surface area contributed by atoms with Gasteiger partial charge in [-0.25, -0.2) is 0 Å². The van der Waals surface area contributed by atoms with Gasteiger partial charge in [0.1, 0.15) is 12.2 Å². The molecule has 0 fully saturated rings. The quantitative estimate of drug-likeness (QED) is 0.394. The third kappa shape index (κ3) is 4.11. The number of carbonyl (C=O) groups is 1. The Labute approximate surface area is 206 Å². The van der Waals surface area contributed by atoms with Crippen LogP contribution < -0.4 is 9.47 Å². The molecule has 2 heterocycles. The summed E-state index contributed by atoms with van der Waals surface area (Å²) in [6.07, 6.45) is -1.93. The topological polar surface area (TPSA) is 95.7 Å². The summed E-state index contributed by atoms with van der Waals surface area (Å²) in [4.78, 5) is 11.9. The lowest BCUT2D eigenvalue weighted by Crippen LogP contribution is -2.15. The van der Waals surface area contributed by atoms with Crippen LogP contribution in [0.5, 0.6) is 11.5 Å². The van der Waals surface area contributed by atoms with Crippen molar-refractivity contribution in [3.63, 3.8) is 0 Å². The Morgan fingerprint density at radius 2 is 1.83 bits per heavy atom. The molecule has 0 spiro atoms. The Balaban J connectivity index is 1.80. The average molecular weight is 492 g/mol. The van der Waals surface area contributed by atoms with E-state index in [9.17, 15) is 9.90 Å². The van der Waals surface area contributed by atoms with Gasteiger partial charge in [0.25, 0.3) is 0 Å². The molecular formula is C26H22ClN3O5. The number of benzene rings is 3. The highest BCUT2D eigenvalue weighted by Crippen LogP contribution is 2.46. The molecule has 2 atom stereocenters. The molecule has 8 nitrogen and oxygen atoms in total. The SMILES string of the molecule is COc1cccc(C2OC(CC(=O)O)c3nnc(-c4ccccc4)n3-c3ccc(Cl)cc32)c1OC. The first-order valence-electron chi connectivity index (χ1n) is 10.9. The molecule has 5 rings (SSSR count). The van der Waals surface area contributed by atoms with Crippen LogP contribution >= 0.6 is 11.6 Å². The standard InChI is InChI=1S/C26H22ClN3O5/c1-33-20-10-6-9-17(24(20)34-2)23-18-13-16(27)11-12-19(18)30-25(15-7-4-3-5-8-15)28-29-26(30)21(35-23)14-22(31)32/h3-13,21,23H,14H2,1-2H3,(H,31,32). The first kappa shape index (κ1) is 22.9. The van der Waals surface area contributed by atoms with Crippen LogP contribution in [-0.2, 0) is 9.53 Å². The molecular weight excluding hydrogens is 470 g/mol. The molecule has 2 unspecified atom stereocenters. The normalized spacial score (nSPS) is 16.7. The second kappa shape index (κ2) is 9.40. The maximum atomic E-state index is 11.9. The number of aliphatic carboxylic acids is 1. The molecule has 178 valence electrons. The highest BCUT2D eigenvalue weighted by Gasteiger charge is 2.36. The molecule has 0 saturated heterocycles. The van der Waals surface area contributed by atoms with Crippen LogP contribution in [0.4, 0.5) is 0 Å². The van der Waals surface area contributed by atoms with Crippen molar-refractivity contribution in [3.8, 4) is 28.6 Å². The summed E-state index contributed by atoms with van der Waals surface area (Å²) in [5, 5.41) is 19.0. The van der Waals surface area contributed by atoms with Gasteiger partial charge in [0.05, 0.1) is 26.3 Å². The lowest BCUT2D eigenvalue weighted by atomic mass is 9.98. The molecule has 1 aliphatic rings. The zero-order valence-electron chi connectivity index (χ0n) is 19.0. The van der Waals surface area contributed by atoms with Crippen molar-refractivity contribution in [2.24, 2.45) is 0 Å². The number of hydrogen-bond donors (Lipinski definition) is 1. The van der Waals surface area contributed by atoms with Crippen LogP contribution in [0.3, 0.4) is 0 Å². The summed E-state index contributed by atoms with van der Waals surface area (Å²) < 4.78 is 19.5. The number of halogens is 1. The lowest BCUT2D eigenvalue weighted by Gasteiger charge is -2.24. The van der Waals surface area contributed by atoms with Gasteiger partial charge >= 0.3 is 5.97 Å². The van der Waals surface area contributed by atoms with Gasteiger partial charge in [-0.15, -0.1) is 10.2 Å². The fourth-order valence-corrected chi connectivity index (χ4v) is 4.59. The summed E-state index contributed by atoms with van der Waals surface area (Å²) >= 11 is 6.45. The molecule has 0 amide bonds. The maximum Gasteiger partial charge on any atom is 0.306 e. The molecule has 1 N–H and O–H groups in total. The van der Waals surface area contributed by atoms with Crippen molar-refractivity contribution in [1.82, 2.24) is 14.8 Å². The molecule has 0 saturated carbocycles. The van der Waals surface area contributed by atoms with Gasteiger partial charge in [0, 0.05) is 21.7 Å². The Hall–Kier alpha value is -3.88. The molecule has 4 aromatic rings. The number of carboxylic acids is 1. The number of carboxylic acid groups (broad SMARTS) is 1. The molecule has 1 aliphatic heterocycles. The third-order valence-corrected chi connectivity index (χ3v) is 6.13. The molecule has 3 aromatic carbocycles. The Bertz CT molecular complexity index is 1390. The molecule has 0 bridgehead atoms. The maximum absolute atomic E-state index is 11.9. The number of ether oxygens (including phenoxy) is 3. The van der Waals surface area contributed by atoms with Crippen LogP contribution in [-0.4, -0.2) is 40.1 Å². The summed E-state index contributed by atoms with van der Waals surface area (Å²) in [5.74, 6) is 0.952. The summed E-state index contributed by atoms with van der Waals surface area (Å²) in [7, 11) is 3.11. The van der Waals surface area contributed by atoms with Gasteiger partial charge in [0.2, 0.25) is 0 Å². The minimum absolute atomic E-state index is 0.308. The lowest BCUT2D eigenvalue weighted by molar-refractivity contribution is -0.141. The largest absolute Gasteiger partial charge is 0.493 e. The van der Waals surface area contributed by atoms with Crippen molar-refractivity contribution in [2.75, 3.05) is 14.2 Å². The van der Waals surface area contributed by atoms with E-state index in [0.29, 0.717) is 33.7 Å². The second-order valence-electron chi connectivity index (χ2n) is 7.97. The molecule has 1 aromatic heterocycles. The monoisotopic (exact) mass is 491 g/mol. The predicted molar refractivity (Wildman–Crippen MR) is 129 cm³/mol. The number of methoxy groups -OCH3 is 2. The van der Waals surface area contributed by atoms with E-state index in [1.807, 2.05) is 59.2 Å². The van der Waals surface area contributed by atoms with E-state index >= 15 is 0 Å². The highest BCUT2D eigenvalue weighted by atomic mass is 35.5. The first-order chi connectivity index (χ1) is 17.0. The van der Waals surface area contributed by atoms with Crippen molar-refractivity contribution in [2.45, 2.75) is 18.6 Å². The number of nitrogens with zero attached hydrogens (tertiary/aromatic N) is 3. The Morgan fingerprint density at radius 1 is 1.03 bits per heavy atom. The van der Waals surface area contributed by atoms with Gasteiger partial charge in [-0.05, 0) is 24.3 Å². The van der Waals surface area contributed by atoms with Gasteiger partial charge in [-0.3, -0.25) is 9.36 Å². The second-order valence-corrected chi connectivity index (χ2v) is 8.41. The smallest absolute Gasteiger partial charge is 0.306 e. The van der Waals surface area contributed by atoms with Crippen molar-refractivity contribution in [3.05, 3.63) is 88.7 Å². The number of aromatic nitrogens is 3. The minimum atomic E-state index is -1.02. The first-order valence-corrected chi connectivity index (χ1v) is 11.3. The van der Waals surface area contributed by atoms with E-state index in [1.165, 1.54) is 0 Å². The van der Waals surface area contributed by atoms with Crippen LogP contribution in [0.25, 0.3) is 17.1 Å². The number of fused-ring (bicyclic) bond motifs is 3. The summed E-state index contributed by atoms with van der Waals surface area (Å²) in [5.41, 5.74) is 2.95. The number of hydrogen-bond acceptors (Lipinski definition) is 6. The summed E-state index contributed by atoms with van der Waals surface area (Å²) in [6.45, 7) is 0.